The number of benzene rings is 1. The first kappa shape index (κ1) is 13.9. The van der Waals surface area contributed by atoms with Crippen LogP contribution in [0.5, 0.6) is 0 Å². The predicted octanol–water partition coefficient (Wildman–Crippen LogP) is 5.29. The number of hydrogen-bond acceptors (Lipinski definition) is 4. The molecule has 3 aromatic rings. The maximum Gasteiger partial charge on any atom is 0.0973 e. The van der Waals surface area contributed by atoms with Crippen molar-refractivity contribution in [3.8, 4) is 0 Å². The zero-order chi connectivity index (χ0) is 13.8. The van der Waals surface area contributed by atoms with Crippen molar-refractivity contribution >= 4 is 49.8 Å². The number of rotatable bonds is 6. The van der Waals surface area contributed by atoms with Gasteiger partial charge >= 0.3 is 0 Å². The van der Waals surface area contributed by atoms with E-state index in [1.54, 1.807) is 11.3 Å². The first-order chi connectivity index (χ1) is 9.83. The molecule has 1 nitrogen and oxygen atoms in total. The molecule has 0 spiro atoms. The first-order valence-corrected chi connectivity index (χ1v) is 8.85. The highest BCUT2D eigenvalue weighted by Crippen LogP contribution is 2.26. The molecule has 0 atom stereocenters. The van der Waals surface area contributed by atoms with Gasteiger partial charge < -0.3 is 0 Å². The van der Waals surface area contributed by atoms with Gasteiger partial charge in [-0.25, -0.2) is 4.98 Å². The van der Waals surface area contributed by atoms with Crippen LogP contribution in [0.3, 0.4) is 0 Å². The van der Waals surface area contributed by atoms with Crippen LogP contribution in [0.25, 0.3) is 10.1 Å². The molecule has 0 aliphatic rings. The largest absolute Gasteiger partial charge is 0.249 e. The third-order valence-electron chi connectivity index (χ3n) is 3.29. The van der Waals surface area contributed by atoms with E-state index in [-0.39, 0.29) is 0 Å². The molecule has 0 saturated heterocycles. The lowest BCUT2D eigenvalue weighted by Crippen LogP contribution is -2.00. The van der Waals surface area contributed by atoms with Crippen molar-refractivity contribution in [1.29, 1.82) is 0 Å². The van der Waals surface area contributed by atoms with Crippen molar-refractivity contribution in [3.63, 3.8) is 0 Å². The van der Waals surface area contributed by atoms with Crippen molar-refractivity contribution in [3.05, 3.63) is 51.8 Å². The summed E-state index contributed by atoms with van der Waals surface area (Å²) >= 11 is 8.98. The van der Waals surface area contributed by atoms with E-state index in [2.05, 4.69) is 34.6 Å². The summed E-state index contributed by atoms with van der Waals surface area (Å²) in [5, 5.41) is 6.84. The minimum atomic E-state index is 0.859. The normalized spacial score (nSPS) is 11.0. The molecule has 0 N–H and O–H groups in total. The van der Waals surface area contributed by atoms with E-state index in [0.717, 1.165) is 35.6 Å². The zero-order valence-electron chi connectivity index (χ0n) is 11.0. The van der Waals surface area contributed by atoms with Crippen molar-refractivity contribution in [1.82, 2.24) is 4.98 Å². The van der Waals surface area contributed by atoms with E-state index >= 15 is 0 Å². The van der Waals surface area contributed by atoms with Crippen LogP contribution in [-0.4, -0.2) is 9.85 Å². The molecule has 0 fully saturated rings. The number of thiazole rings is 1. The molecule has 0 bridgehead atoms. The van der Waals surface area contributed by atoms with E-state index < -0.39 is 0 Å². The van der Waals surface area contributed by atoms with Crippen LogP contribution < -0.4 is 0 Å². The molecule has 0 aliphatic heterocycles. The highest BCUT2D eigenvalue weighted by Gasteiger charge is 2.05. The fourth-order valence-electron chi connectivity index (χ4n) is 2.30. The van der Waals surface area contributed by atoms with Gasteiger partial charge in [0.1, 0.15) is 0 Å². The summed E-state index contributed by atoms with van der Waals surface area (Å²) in [5.74, 6) is 0. The van der Waals surface area contributed by atoms with Gasteiger partial charge in [-0.3, -0.25) is 0 Å². The van der Waals surface area contributed by atoms with Crippen LogP contribution in [0.2, 0.25) is 0 Å². The third-order valence-corrected chi connectivity index (χ3v) is 5.44. The third kappa shape index (κ3) is 3.32. The number of nitrogens with zero attached hydrogens (tertiary/aromatic N) is 1. The molecule has 0 aliphatic carbocycles. The Hall–Kier alpha value is -1.10. The lowest BCUT2D eigenvalue weighted by Gasteiger charge is -2.02. The quantitative estimate of drug-likeness (QED) is 0.573. The Morgan fingerprint density at radius 1 is 1.20 bits per heavy atom. The van der Waals surface area contributed by atoms with E-state index in [4.69, 9.17) is 12.2 Å². The van der Waals surface area contributed by atoms with Crippen LogP contribution in [0.15, 0.2) is 41.2 Å². The lowest BCUT2D eigenvalue weighted by molar-refractivity contribution is 0.872. The van der Waals surface area contributed by atoms with Crippen LogP contribution in [0.4, 0.5) is 0 Å². The van der Waals surface area contributed by atoms with Crippen LogP contribution in [-0.2, 0) is 12.8 Å². The number of hydrogen-bond donors (Lipinski definition) is 0. The molecule has 102 valence electrons. The minimum Gasteiger partial charge on any atom is -0.249 e. The van der Waals surface area contributed by atoms with Gasteiger partial charge in [0.15, 0.2) is 0 Å². The lowest BCUT2D eigenvalue weighted by atomic mass is 10.1. The number of aryl methyl sites for hydroxylation is 1. The molecule has 0 unspecified atom stereocenters. The fourth-order valence-corrected chi connectivity index (χ4v) is 4.33. The predicted molar refractivity (Wildman–Crippen MR) is 93.2 cm³/mol. The molecule has 1 aromatic carbocycles. The number of aromatic nitrogens is 1. The molecule has 2 aromatic heterocycles. The van der Waals surface area contributed by atoms with Gasteiger partial charge in [0.05, 0.1) is 5.01 Å². The maximum absolute atomic E-state index is 5.46. The highest BCUT2D eigenvalue weighted by molar-refractivity contribution is 7.80. The monoisotopic (exact) mass is 317 g/mol. The summed E-state index contributed by atoms with van der Waals surface area (Å²) in [6, 6.07) is 8.63. The van der Waals surface area contributed by atoms with Crippen molar-refractivity contribution < 1.29 is 0 Å². The second-order valence-electron chi connectivity index (χ2n) is 4.75. The summed E-state index contributed by atoms with van der Waals surface area (Å²) < 4.78 is 1.38. The van der Waals surface area contributed by atoms with Gasteiger partial charge in [0, 0.05) is 22.7 Å². The van der Waals surface area contributed by atoms with Crippen LogP contribution in [0.1, 0.15) is 23.4 Å². The van der Waals surface area contributed by atoms with Gasteiger partial charge in [-0.05, 0) is 46.5 Å². The average molecular weight is 318 g/mol. The van der Waals surface area contributed by atoms with Gasteiger partial charge in [0.25, 0.3) is 0 Å². The number of fused-ring (bicyclic) bond motifs is 1. The van der Waals surface area contributed by atoms with E-state index in [0.29, 0.717) is 0 Å². The molecular weight excluding hydrogens is 302 g/mol. The Morgan fingerprint density at radius 2 is 2.10 bits per heavy atom. The number of thiocarbonyl (C=S) groups is 1. The molecule has 4 heteroatoms. The topological polar surface area (TPSA) is 12.9 Å². The second kappa shape index (κ2) is 6.57. The fraction of sp³-hybridized carbons (Fsp3) is 0.250. The van der Waals surface area contributed by atoms with Crippen molar-refractivity contribution in [2.75, 3.05) is 0 Å². The van der Waals surface area contributed by atoms with Gasteiger partial charge in [-0.15, -0.1) is 22.7 Å². The summed E-state index contributed by atoms with van der Waals surface area (Å²) in [5.41, 5.74) is 1.46. The zero-order valence-corrected chi connectivity index (χ0v) is 13.5. The molecule has 20 heavy (non-hydrogen) atoms. The van der Waals surface area contributed by atoms with Gasteiger partial charge in [0.2, 0.25) is 0 Å². The Morgan fingerprint density at radius 3 is 2.95 bits per heavy atom. The van der Waals surface area contributed by atoms with E-state index in [1.807, 2.05) is 22.9 Å². The van der Waals surface area contributed by atoms with E-state index in [1.165, 1.54) is 15.6 Å². The summed E-state index contributed by atoms with van der Waals surface area (Å²) in [6.07, 6.45) is 5.96. The molecule has 3 rings (SSSR count). The standard InChI is InChI=1S/C16H15NS3/c18-13(10-16-17-8-9-19-16)5-3-4-12-11-20-15-7-2-1-6-14(12)15/h1-2,6-9,11H,3-5,10H2. The second-order valence-corrected chi connectivity index (χ2v) is 7.22. The highest BCUT2D eigenvalue weighted by atomic mass is 32.1. The molecule has 0 saturated carbocycles. The molecule has 2 heterocycles. The first-order valence-electron chi connectivity index (χ1n) is 6.68. The smallest absolute Gasteiger partial charge is 0.0973 e. The van der Waals surface area contributed by atoms with Gasteiger partial charge in [-0.1, -0.05) is 30.4 Å². The minimum absolute atomic E-state index is 0.859. The Balaban J connectivity index is 1.53. The van der Waals surface area contributed by atoms with Crippen molar-refractivity contribution in [2.24, 2.45) is 0 Å². The Labute approximate surface area is 132 Å². The SMILES string of the molecule is S=C(CCCc1csc2ccccc12)Cc1nccs1. The van der Waals surface area contributed by atoms with Crippen LogP contribution in [0, 0.1) is 0 Å². The average Bonchev–Trinajstić information content (AvgIpc) is 3.09. The summed E-state index contributed by atoms with van der Waals surface area (Å²) in [6.45, 7) is 0. The maximum atomic E-state index is 5.46. The molecule has 0 amide bonds. The van der Waals surface area contributed by atoms with Gasteiger partial charge in [-0.2, -0.15) is 0 Å². The molecular formula is C16H15NS3. The Kier molecular flexibility index (Phi) is 4.55. The Bertz CT molecular complexity index is 697. The summed E-state index contributed by atoms with van der Waals surface area (Å²) in [7, 11) is 0. The van der Waals surface area contributed by atoms with Crippen LogP contribution >= 0.6 is 34.9 Å². The number of thiophene rings is 1. The molecule has 0 radical (unpaired) electrons. The summed E-state index contributed by atoms with van der Waals surface area (Å²) in [4.78, 5) is 5.41. The van der Waals surface area contributed by atoms with E-state index in [9.17, 15) is 0 Å². The van der Waals surface area contributed by atoms with Crippen molar-refractivity contribution in [2.45, 2.75) is 25.7 Å².